The van der Waals surface area contributed by atoms with Gasteiger partial charge in [-0.25, -0.2) is 0 Å². The van der Waals surface area contributed by atoms with Crippen LogP contribution in [-0.4, -0.2) is 30.6 Å². The molecule has 2 unspecified atom stereocenters. The molecule has 1 aromatic rings. The third-order valence-corrected chi connectivity index (χ3v) is 4.46. The minimum absolute atomic E-state index is 0.459. The molecule has 0 saturated heterocycles. The molecule has 1 rings (SSSR count). The summed E-state index contributed by atoms with van der Waals surface area (Å²) in [6, 6.07) is 3.19. The molecule has 1 aromatic heterocycles. The maximum Gasteiger partial charge on any atom is 0.0391 e. The summed E-state index contributed by atoms with van der Waals surface area (Å²) >= 11 is 1.85. The molecule has 0 aliphatic rings. The average molecular weight is 254 g/mol. The summed E-state index contributed by atoms with van der Waals surface area (Å²) in [4.78, 5) is 3.93. The van der Waals surface area contributed by atoms with E-state index in [0.29, 0.717) is 12.1 Å². The largest absolute Gasteiger partial charge is 0.306 e. The molecule has 1 N–H and O–H groups in total. The molecule has 0 radical (unpaired) electrons. The van der Waals surface area contributed by atoms with Gasteiger partial charge in [0.1, 0.15) is 0 Å². The van der Waals surface area contributed by atoms with Gasteiger partial charge in [0, 0.05) is 23.5 Å². The predicted molar refractivity (Wildman–Crippen MR) is 77.9 cm³/mol. The first-order valence-electron chi connectivity index (χ1n) is 6.60. The van der Waals surface area contributed by atoms with Gasteiger partial charge in [-0.05, 0) is 50.9 Å². The lowest BCUT2D eigenvalue weighted by molar-refractivity contribution is 0.264. The zero-order chi connectivity index (χ0) is 12.8. The Kier molecular flexibility index (Phi) is 6.17. The Bertz CT molecular complexity index is 318. The van der Waals surface area contributed by atoms with Gasteiger partial charge in [0.2, 0.25) is 0 Å². The number of likely N-dealkylation sites (N-methyl/N-ethyl adjacent to an activating group) is 1. The third kappa shape index (κ3) is 4.41. The highest BCUT2D eigenvalue weighted by Crippen LogP contribution is 2.23. The van der Waals surface area contributed by atoms with Crippen LogP contribution in [0.1, 0.15) is 44.2 Å². The fourth-order valence-corrected chi connectivity index (χ4v) is 3.20. The molecule has 0 amide bonds. The van der Waals surface area contributed by atoms with Crippen LogP contribution in [0.5, 0.6) is 0 Å². The van der Waals surface area contributed by atoms with Gasteiger partial charge >= 0.3 is 0 Å². The lowest BCUT2D eigenvalue weighted by Gasteiger charge is -2.26. The first-order valence-corrected chi connectivity index (χ1v) is 7.48. The molecule has 17 heavy (non-hydrogen) atoms. The van der Waals surface area contributed by atoms with Crippen LogP contribution in [0, 0.1) is 6.92 Å². The van der Waals surface area contributed by atoms with E-state index in [1.165, 1.54) is 10.4 Å². The van der Waals surface area contributed by atoms with Crippen LogP contribution in [0.4, 0.5) is 0 Å². The van der Waals surface area contributed by atoms with Gasteiger partial charge in [0.25, 0.3) is 0 Å². The number of nitrogens with one attached hydrogen (secondary N) is 1. The Labute approximate surface area is 110 Å². The van der Waals surface area contributed by atoms with E-state index in [4.69, 9.17) is 0 Å². The van der Waals surface area contributed by atoms with E-state index in [2.05, 4.69) is 56.3 Å². The summed E-state index contributed by atoms with van der Waals surface area (Å²) in [5.41, 5.74) is 1.41. The molecule has 2 atom stereocenters. The Morgan fingerprint density at radius 2 is 1.94 bits per heavy atom. The SMILES string of the molecule is CCN(CC)CC(C)NC(C)c1sccc1C. The Balaban J connectivity index is 2.46. The second kappa shape index (κ2) is 7.14. The maximum absolute atomic E-state index is 3.69. The van der Waals surface area contributed by atoms with E-state index in [0.717, 1.165) is 19.6 Å². The van der Waals surface area contributed by atoms with Gasteiger partial charge in [0.05, 0.1) is 0 Å². The summed E-state index contributed by atoms with van der Waals surface area (Å²) in [7, 11) is 0. The number of rotatable bonds is 7. The van der Waals surface area contributed by atoms with Crippen molar-refractivity contribution >= 4 is 11.3 Å². The number of aryl methyl sites for hydroxylation is 1. The topological polar surface area (TPSA) is 15.3 Å². The Hall–Kier alpha value is -0.380. The Morgan fingerprint density at radius 1 is 1.29 bits per heavy atom. The minimum Gasteiger partial charge on any atom is -0.306 e. The number of nitrogens with zero attached hydrogens (tertiary/aromatic N) is 1. The van der Waals surface area contributed by atoms with E-state index in [1.54, 1.807) is 0 Å². The van der Waals surface area contributed by atoms with Crippen LogP contribution in [0.2, 0.25) is 0 Å². The molecule has 0 bridgehead atoms. The molecule has 0 aromatic carbocycles. The quantitative estimate of drug-likeness (QED) is 0.802. The fraction of sp³-hybridized carbons (Fsp3) is 0.714. The minimum atomic E-state index is 0.459. The first kappa shape index (κ1) is 14.7. The molecular formula is C14H26N2S. The Morgan fingerprint density at radius 3 is 2.41 bits per heavy atom. The number of thiophene rings is 1. The van der Waals surface area contributed by atoms with Gasteiger partial charge in [-0.3, -0.25) is 0 Å². The number of hydrogen-bond acceptors (Lipinski definition) is 3. The van der Waals surface area contributed by atoms with E-state index in [1.807, 2.05) is 11.3 Å². The van der Waals surface area contributed by atoms with Crippen LogP contribution in [0.15, 0.2) is 11.4 Å². The summed E-state index contributed by atoms with van der Waals surface area (Å²) in [5, 5.41) is 5.87. The van der Waals surface area contributed by atoms with Crippen molar-refractivity contribution in [2.24, 2.45) is 0 Å². The van der Waals surface area contributed by atoms with Crippen molar-refractivity contribution in [3.05, 3.63) is 21.9 Å². The lowest BCUT2D eigenvalue weighted by Crippen LogP contribution is -2.40. The predicted octanol–water partition coefficient (Wildman–Crippen LogP) is 3.44. The zero-order valence-corrected chi connectivity index (χ0v) is 12.6. The molecular weight excluding hydrogens is 228 g/mol. The molecule has 0 fully saturated rings. The van der Waals surface area contributed by atoms with Crippen LogP contribution >= 0.6 is 11.3 Å². The summed E-state index contributed by atoms with van der Waals surface area (Å²) in [5.74, 6) is 0. The zero-order valence-electron chi connectivity index (χ0n) is 11.8. The molecule has 98 valence electrons. The van der Waals surface area contributed by atoms with Crippen LogP contribution in [-0.2, 0) is 0 Å². The van der Waals surface area contributed by atoms with Gasteiger partial charge < -0.3 is 10.2 Å². The van der Waals surface area contributed by atoms with E-state index in [-0.39, 0.29) is 0 Å². The highest BCUT2D eigenvalue weighted by Gasteiger charge is 2.14. The second-order valence-electron chi connectivity index (χ2n) is 4.74. The molecule has 0 spiro atoms. The standard InChI is InChI=1S/C14H26N2S/c1-6-16(7-2)10-12(4)15-13(5)14-11(3)8-9-17-14/h8-9,12-13,15H,6-7,10H2,1-5H3. The smallest absolute Gasteiger partial charge is 0.0391 e. The second-order valence-corrected chi connectivity index (χ2v) is 5.69. The highest BCUT2D eigenvalue weighted by atomic mass is 32.1. The monoisotopic (exact) mass is 254 g/mol. The van der Waals surface area contributed by atoms with Gasteiger partial charge in [-0.1, -0.05) is 13.8 Å². The normalized spacial score (nSPS) is 15.2. The molecule has 2 nitrogen and oxygen atoms in total. The van der Waals surface area contributed by atoms with Crippen molar-refractivity contribution in [2.75, 3.05) is 19.6 Å². The van der Waals surface area contributed by atoms with Crippen molar-refractivity contribution in [3.63, 3.8) is 0 Å². The van der Waals surface area contributed by atoms with Crippen molar-refractivity contribution in [2.45, 2.75) is 46.7 Å². The molecule has 0 saturated carbocycles. The van der Waals surface area contributed by atoms with Crippen molar-refractivity contribution in [3.8, 4) is 0 Å². The summed E-state index contributed by atoms with van der Waals surface area (Å²) in [6.07, 6.45) is 0. The van der Waals surface area contributed by atoms with Crippen LogP contribution in [0.25, 0.3) is 0 Å². The molecule has 0 aliphatic carbocycles. The summed E-state index contributed by atoms with van der Waals surface area (Å²) in [6.45, 7) is 14.6. The number of hydrogen-bond donors (Lipinski definition) is 1. The molecule has 3 heteroatoms. The van der Waals surface area contributed by atoms with Gasteiger partial charge in [-0.2, -0.15) is 0 Å². The lowest BCUT2D eigenvalue weighted by atomic mass is 10.1. The van der Waals surface area contributed by atoms with Crippen LogP contribution < -0.4 is 5.32 Å². The fourth-order valence-electron chi connectivity index (χ4n) is 2.25. The highest BCUT2D eigenvalue weighted by molar-refractivity contribution is 7.10. The van der Waals surface area contributed by atoms with Gasteiger partial charge in [-0.15, -0.1) is 11.3 Å². The van der Waals surface area contributed by atoms with Gasteiger partial charge in [0.15, 0.2) is 0 Å². The summed E-state index contributed by atoms with van der Waals surface area (Å²) < 4.78 is 0. The average Bonchev–Trinajstić information content (AvgIpc) is 2.72. The van der Waals surface area contributed by atoms with Crippen molar-refractivity contribution in [1.29, 1.82) is 0 Å². The van der Waals surface area contributed by atoms with E-state index < -0.39 is 0 Å². The van der Waals surface area contributed by atoms with E-state index >= 15 is 0 Å². The third-order valence-electron chi connectivity index (χ3n) is 3.26. The van der Waals surface area contributed by atoms with Crippen molar-refractivity contribution in [1.82, 2.24) is 10.2 Å². The van der Waals surface area contributed by atoms with Crippen LogP contribution in [0.3, 0.4) is 0 Å². The first-order chi connectivity index (χ1) is 8.08. The van der Waals surface area contributed by atoms with E-state index in [9.17, 15) is 0 Å². The van der Waals surface area contributed by atoms with Crippen molar-refractivity contribution < 1.29 is 0 Å². The molecule has 1 heterocycles. The maximum atomic E-state index is 3.69. The molecule has 0 aliphatic heterocycles.